The summed E-state index contributed by atoms with van der Waals surface area (Å²) in [7, 11) is 1.31. The minimum Gasteiger partial charge on any atom is -0.468 e. The number of hydrogen-bond acceptors (Lipinski definition) is 6. The Morgan fingerprint density at radius 3 is 2.88 bits per heavy atom. The number of carbonyl (C=O) groups is 1. The lowest BCUT2D eigenvalue weighted by Gasteiger charge is -2.03. The van der Waals surface area contributed by atoms with Gasteiger partial charge in [0.2, 0.25) is 5.82 Å². The Morgan fingerprint density at radius 2 is 2.17 bits per heavy atom. The van der Waals surface area contributed by atoms with E-state index in [1.54, 1.807) is 6.92 Å². The Hall–Kier alpha value is -2.67. The van der Waals surface area contributed by atoms with E-state index in [-0.39, 0.29) is 12.4 Å². The summed E-state index contributed by atoms with van der Waals surface area (Å²) in [6.07, 6.45) is 0. The third kappa shape index (κ3) is 3.03. The van der Waals surface area contributed by atoms with Crippen LogP contribution in [0, 0.1) is 13.8 Å². The number of benzene rings is 1. The molecule has 124 valence electrons. The number of halogens is 1. The van der Waals surface area contributed by atoms with Crippen LogP contribution < -0.4 is 0 Å². The smallest absolute Gasteiger partial charge is 0.327 e. The molecule has 0 aliphatic rings. The summed E-state index contributed by atoms with van der Waals surface area (Å²) in [5.41, 5.74) is 2.87. The second-order valence-electron chi connectivity index (χ2n) is 5.27. The number of ether oxygens (including phenoxy) is 1. The zero-order chi connectivity index (χ0) is 17.3. The zero-order valence-electron chi connectivity index (χ0n) is 13.4. The molecule has 0 aliphatic heterocycles. The molecule has 0 saturated heterocycles. The normalized spacial score (nSPS) is 10.8. The first-order valence-electron chi connectivity index (χ1n) is 7.20. The molecule has 0 atom stereocenters. The average molecular weight is 347 g/mol. The zero-order valence-corrected chi connectivity index (χ0v) is 14.2. The molecule has 0 unspecified atom stereocenters. The van der Waals surface area contributed by atoms with Gasteiger partial charge in [-0.05, 0) is 26.0 Å². The van der Waals surface area contributed by atoms with Gasteiger partial charge in [-0.3, -0.25) is 4.79 Å². The number of aryl methyl sites for hydroxylation is 2. The molecule has 0 bridgehead atoms. The molecule has 0 N–H and O–H groups in total. The van der Waals surface area contributed by atoms with Gasteiger partial charge in [0.15, 0.2) is 0 Å². The van der Waals surface area contributed by atoms with Crippen LogP contribution in [0.15, 0.2) is 28.8 Å². The summed E-state index contributed by atoms with van der Waals surface area (Å²) in [5, 5.41) is 8.58. The molecule has 8 heteroatoms. The third-order valence-corrected chi connectivity index (χ3v) is 3.92. The van der Waals surface area contributed by atoms with E-state index in [1.807, 2.05) is 31.2 Å². The van der Waals surface area contributed by atoms with Gasteiger partial charge >= 0.3 is 5.97 Å². The lowest BCUT2D eigenvalue weighted by molar-refractivity contribution is -0.141. The third-order valence-electron chi connectivity index (χ3n) is 3.46. The van der Waals surface area contributed by atoms with E-state index >= 15 is 0 Å². The van der Waals surface area contributed by atoms with Gasteiger partial charge in [-0.2, -0.15) is 10.1 Å². The average Bonchev–Trinajstić information content (AvgIpc) is 3.13. The number of carbonyl (C=O) groups excluding carboxylic acids is 1. The second kappa shape index (κ2) is 6.45. The van der Waals surface area contributed by atoms with Gasteiger partial charge in [-0.1, -0.05) is 34.5 Å². The minimum absolute atomic E-state index is 0.0896. The molecule has 1 aromatic carbocycles. The largest absolute Gasteiger partial charge is 0.468 e. The van der Waals surface area contributed by atoms with E-state index in [0.29, 0.717) is 22.3 Å². The number of aromatic nitrogens is 4. The highest BCUT2D eigenvalue weighted by Crippen LogP contribution is 2.30. The number of nitrogens with zero attached hydrogens (tertiary/aromatic N) is 4. The molecular formula is C16H15ClN4O3. The molecule has 0 amide bonds. The van der Waals surface area contributed by atoms with Gasteiger partial charge in [0.1, 0.15) is 12.2 Å². The van der Waals surface area contributed by atoms with Crippen LogP contribution in [0.4, 0.5) is 0 Å². The van der Waals surface area contributed by atoms with Crippen molar-refractivity contribution in [2.45, 2.75) is 20.4 Å². The lowest BCUT2D eigenvalue weighted by Crippen LogP contribution is -2.14. The maximum atomic E-state index is 11.6. The summed E-state index contributed by atoms with van der Waals surface area (Å²) >= 11 is 6.30. The van der Waals surface area contributed by atoms with Gasteiger partial charge in [-0.25, -0.2) is 4.68 Å². The monoisotopic (exact) mass is 346 g/mol. The van der Waals surface area contributed by atoms with Crippen LogP contribution in [0.1, 0.15) is 11.3 Å². The molecule has 2 aromatic heterocycles. The SMILES string of the molecule is COC(=O)Cn1nc(C)c(Cl)c1-c1noc(-c2cccc(C)c2)n1. The fourth-order valence-electron chi connectivity index (χ4n) is 2.29. The van der Waals surface area contributed by atoms with E-state index in [4.69, 9.17) is 16.1 Å². The highest BCUT2D eigenvalue weighted by atomic mass is 35.5. The summed E-state index contributed by atoms with van der Waals surface area (Å²) in [6.45, 7) is 3.63. The predicted octanol–water partition coefficient (Wildman–Crippen LogP) is 3.04. The van der Waals surface area contributed by atoms with Gasteiger partial charge in [-0.15, -0.1) is 0 Å². The van der Waals surface area contributed by atoms with Crippen LogP contribution in [0.25, 0.3) is 23.0 Å². The summed E-state index contributed by atoms with van der Waals surface area (Å²) in [4.78, 5) is 15.9. The standard InChI is InChI=1S/C16H15ClN4O3/c1-9-5-4-6-11(7-9)16-18-15(20-24-16)14-13(17)10(2)19-21(14)8-12(22)23-3/h4-7H,8H2,1-3H3. The first-order valence-corrected chi connectivity index (χ1v) is 7.58. The van der Waals surface area contributed by atoms with E-state index < -0.39 is 5.97 Å². The summed E-state index contributed by atoms with van der Waals surface area (Å²) < 4.78 is 11.4. The molecule has 0 aliphatic carbocycles. The number of esters is 1. The van der Waals surface area contributed by atoms with E-state index in [9.17, 15) is 4.79 Å². The quantitative estimate of drug-likeness (QED) is 0.675. The maximum Gasteiger partial charge on any atom is 0.327 e. The van der Waals surface area contributed by atoms with Gasteiger partial charge < -0.3 is 9.26 Å². The fraction of sp³-hybridized carbons (Fsp3) is 0.250. The molecule has 7 nitrogen and oxygen atoms in total. The van der Waals surface area contributed by atoms with Crippen LogP contribution >= 0.6 is 11.6 Å². The molecule has 0 radical (unpaired) electrons. The van der Waals surface area contributed by atoms with Gasteiger partial charge in [0.25, 0.3) is 5.89 Å². The van der Waals surface area contributed by atoms with Crippen LogP contribution in [0.2, 0.25) is 5.02 Å². The van der Waals surface area contributed by atoms with Crippen molar-refractivity contribution >= 4 is 17.6 Å². The number of methoxy groups -OCH3 is 1. The van der Waals surface area contributed by atoms with E-state index in [2.05, 4.69) is 20.0 Å². The Labute approximate surface area is 143 Å². The van der Waals surface area contributed by atoms with Gasteiger partial charge in [0.05, 0.1) is 17.8 Å². The van der Waals surface area contributed by atoms with Crippen molar-refractivity contribution in [3.05, 3.63) is 40.5 Å². The molecule has 2 heterocycles. The molecule has 3 rings (SSSR count). The van der Waals surface area contributed by atoms with Crippen molar-refractivity contribution in [3.63, 3.8) is 0 Å². The Bertz CT molecular complexity index is 901. The molecule has 24 heavy (non-hydrogen) atoms. The Morgan fingerprint density at radius 1 is 1.38 bits per heavy atom. The molecule has 0 fully saturated rings. The first-order chi connectivity index (χ1) is 11.5. The van der Waals surface area contributed by atoms with Crippen molar-refractivity contribution in [3.8, 4) is 23.0 Å². The molecular weight excluding hydrogens is 332 g/mol. The van der Waals surface area contributed by atoms with E-state index in [0.717, 1.165) is 11.1 Å². The van der Waals surface area contributed by atoms with Crippen LogP contribution in [0.5, 0.6) is 0 Å². The molecule has 3 aromatic rings. The highest BCUT2D eigenvalue weighted by Gasteiger charge is 2.22. The predicted molar refractivity (Wildman–Crippen MR) is 87.5 cm³/mol. The lowest BCUT2D eigenvalue weighted by atomic mass is 10.1. The highest BCUT2D eigenvalue weighted by molar-refractivity contribution is 6.33. The van der Waals surface area contributed by atoms with Crippen molar-refractivity contribution in [2.24, 2.45) is 0 Å². The van der Waals surface area contributed by atoms with Crippen molar-refractivity contribution < 1.29 is 14.1 Å². The number of rotatable bonds is 4. The van der Waals surface area contributed by atoms with Crippen LogP contribution in [-0.4, -0.2) is 33.0 Å². The van der Waals surface area contributed by atoms with Crippen LogP contribution in [0.3, 0.4) is 0 Å². The first kappa shape index (κ1) is 16.2. The van der Waals surface area contributed by atoms with Crippen molar-refractivity contribution in [2.75, 3.05) is 7.11 Å². The molecule has 0 spiro atoms. The Balaban J connectivity index is 2.02. The second-order valence-corrected chi connectivity index (χ2v) is 5.65. The number of hydrogen-bond donors (Lipinski definition) is 0. The summed E-state index contributed by atoms with van der Waals surface area (Å²) in [5.74, 6) is 0.187. The maximum absolute atomic E-state index is 11.6. The van der Waals surface area contributed by atoms with Gasteiger partial charge in [0, 0.05) is 5.56 Å². The fourth-order valence-corrected chi connectivity index (χ4v) is 2.51. The van der Waals surface area contributed by atoms with E-state index in [1.165, 1.54) is 11.8 Å². The van der Waals surface area contributed by atoms with Crippen molar-refractivity contribution in [1.29, 1.82) is 0 Å². The molecule has 0 saturated carbocycles. The minimum atomic E-state index is -0.446. The van der Waals surface area contributed by atoms with Crippen molar-refractivity contribution in [1.82, 2.24) is 19.9 Å². The Kier molecular flexibility index (Phi) is 4.35. The van der Waals surface area contributed by atoms with Crippen LogP contribution in [-0.2, 0) is 16.1 Å². The summed E-state index contributed by atoms with van der Waals surface area (Å²) in [6, 6.07) is 7.71. The topological polar surface area (TPSA) is 83.0 Å².